The fourth-order valence-electron chi connectivity index (χ4n) is 3.25. The Hall–Kier alpha value is -0.610. The van der Waals surface area contributed by atoms with Crippen LogP contribution in [0.2, 0.25) is 0 Å². The van der Waals surface area contributed by atoms with E-state index in [0.717, 1.165) is 38.5 Å². The van der Waals surface area contributed by atoms with E-state index < -0.39 is 0 Å². The van der Waals surface area contributed by atoms with E-state index in [2.05, 4.69) is 10.2 Å². The van der Waals surface area contributed by atoms with Crippen LogP contribution in [0.25, 0.3) is 0 Å². The maximum Gasteiger partial charge on any atom is 0.244 e. The summed E-state index contributed by atoms with van der Waals surface area (Å²) in [5.74, 6) is 1.07. The van der Waals surface area contributed by atoms with E-state index in [4.69, 9.17) is 4.74 Å². The van der Waals surface area contributed by atoms with Gasteiger partial charge in [0, 0.05) is 6.61 Å². The van der Waals surface area contributed by atoms with Crippen molar-refractivity contribution >= 4 is 5.91 Å². The van der Waals surface area contributed by atoms with Crippen LogP contribution in [0.15, 0.2) is 0 Å². The number of nitrogens with one attached hydrogen (secondary N) is 1. The zero-order chi connectivity index (χ0) is 10.8. The minimum atomic E-state index is -0.142. The molecule has 2 saturated carbocycles. The average molecular weight is 222 g/mol. The van der Waals surface area contributed by atoms with Gasteiger partial charge in [0.05, 0.1) is 24.4 Å². The Labute approximate surface area is 95.3 Å². The first kappa shape index (κ1) is 9.42. The van der Waals surface area contributed by atoms with Crippen molar-refractivity contribution in [1.82, 2.24) is 10.2 Å². The highest BCUT2D eigenvalue weighted by Gasteiger charge is 2.58. The number of carbonyl (C=O) groups excluding carboxylic acids is 1. The molecule has 4 fully saturated rings. The zero-order valence-electron chi connectivity index (χ0n) is 9.45. The third kappa shape index (κ3) is 1.20. The lowest BCUT2D eigenvalue weighted by Crippen LogP contribution is -2.44. The van der Waals surface area contributed by atoms with Crippen molar-refractivity contribution in [3.05, 3.63) is 0 Å². The van der Waals surface area contributed by atoms with Gasteiger partial charge in [-0.1, -0.05) is 0 Å². The summed E-state index contributed by atoms with van der Waals surface area (Å²) in [4.78, 5) is 14.3. The van der Waals surface area contributed by atoms with Crippen LogP contribution in [-0.2, 0) is 9.53 Å². The van der Waals surface area contributed by atoms with Crippen LogP contribution in [0.1, 0.15) is 32.1 Å². The second-order valence-electron chi connectivity index (χ2n) is 5.72. The normalized spacial score (nSPS) is 41.0. The highest BCUT2D eigenvalue weighted by molar-refractivity contribution is 5.91. The van der Waals surface area contributed by atoms with Crippen molar-refractivity contribution in [1.29, 1.82) is 0 Å². The second-order valence-corrected chi connectivity index (χ2v) is 5.72. The Bertz CT molecular complexity index is 336. The molecule has 4 heteroatoms. The van der Waals surface area contributed by atoms with Gasteiger partial charge in [-0.05, 0) is 38.0 Å². The molecule has 1 spiro atoms. The molecule has 4 nitrogen and oxygen atoms in total. The molecule has 1 N–H and O–H groups in total. The van der Waals surface area contributed by atoms with Crippen LogP contribution in [-0.4, -0.2) is 41.8 Å². The summed E-state index contributed by atoms with van der Waals surface area (Å²) in [6, 6.07) is 0.354. The predicted octanol–water partition coefficient (Wildman–Crippen LogP) is 0.476. The molecule has 4 rings (SSSR count). The van der Waals surface area contributed by atoms with Gasteiger partial charge in [0.2, 0.25) is 5.91 Å². The number of ether oxygens (including phenoxy) is 1. The third-order valence-corrected chi connectivity index (χ3v) is 4.60. The van der Waals surface area contributed by atoms with E-state index in [9.17, 15) is 4.79 Å². The molecule has 0 bridgehead atoms. The lowest BCUT2D eigenvalue weighted by molar-refractivity contribution is -0.132. The fourth-order valence-corrected chi connectivity index (χ4v) is 3.25. The Morgan fingerprint density at radius 3 is 2.75 bits per heavy atom. The summed E-state index contributed by atoms with van der Waals surface area (Å²) in [5.41, 5.74) is -0.142. The Kier molecular flexibility index (Phi) is 1.76. The molecule has 88 valence electrons. The van der Waals surface area contributed by atoms with Gasteiger partial charge in [0.1, 0.15) is 0 Å². The molecule has 2 atom stereocenters. The smallest absolute Gasteiger partial charge is 0.244 e. The van der Waals surface area contributed by atoms with Crippen LogP contribution in [0.3, 0.4) is 0 Å². The predicted molar refractivity (Wildman–Crippen MR) is 57.7 cm³/mol. The lowest BCUT2D eigenvalue weighted by Gasteiger charge is -2.27. The van der Waals surface area contributed by atoms with Crippen molar-refractivity contribution in [2.24, 2.45) is 5.92 Å². The van der Waals surface area contributed by atoms with Crippen LogP contribution >= 0.6 is 0 Å². The van der Waals surface area contributed by atoms with Crippen LogP contribution in [0.5, 0.6) is 0 Å². The van der Waals surface area contributed by atoms with Gasteiger partial charge in [-0.25, -0.2) is 0 Å². The van der Waals surface area contributed by atoms with Gasteiger partial charge in [0.25, 0.3) is 0 Å². The van der Waals surface area contributed by atoms with E-state index in [-0.39, 0.29) is 5.54 Å². The molecule has 0 aromatic carbocycles. The Morgan fingerprint density at radius 1 is 1.31 bits per heavy atom. The minimum Gasteiger partial charge on any atom is -0.376 e. The first-order valence-corrected chi connectivity index (χ1v) is 6.48. The summed E-state index contributed by atoms with van der Waals surface area (Å²) in [7, 11) is 0. The van der Waals surface area contributed by atoms with Gasteiger partial charge < -0.3 is 9.64 Å². The number of hydrogen-bond donors (Lipinski definition) is 1. The number of hydrogen-bond acceptors (Lipinski definition) is 3. The molecule has 1 amide bonds. The van der Waals surface area contributed by atoms with Gasteiger partial charge >= 0.3 is 0 Å². The van der Waals surface area contributed by atoms with Gasteiger partial charge in [-0.15, -0.1) is 0 Å². The Balaban J connectivity index is 1.54. The fraction of sp³-hybridized carbons (Fsp3) is 0.917. The quantitative estimate of drug-likeness (QED) is 0.738. The van der Waals surface area contributed by atoms with Crippen molar-refractivity contribution in [3.8, 4) is 0 Å². The topological polar surface area (TPSA) is 41.6 Å². The Morgan fingerprint density at radius 2 is 2.12 bits per heavy atom. The maximum absolute atomic E-state index is 12.3. The monoisotopic (exact) mass is 222 g/mol. The molecular weight excluding hydrogens is 204 g/mol. The summed E-state index contributed by atoms with van der Waals surface area (Å²) >= 11 is 0. The highest BCUT2D eigenvalue weighted by Crippen LogP contribution is 2.45. The molecule has 16 heavy (non-hydrogen) atoms. The van der Waals surface area contributed by atoms with Gasteiger partial charge in [-0.3, -0.25) is 10.1 Å². The van der Waals surface area contributed by atoms with Crippen molar-refractivity contribution < 1.29 is 9.53 Å². The maximum atomic E-state index is 12.3. The standard InChI is InChI=1S/C12H18N2O2/c15-11-12(4-5-12)13-7-14(11)9-3-6-16-10(9)8-1-2-8/h8-10,13H,1-7H2. The first-order valence-electron chi connectivity index (χ1n) is 6.48. The highest BCUT2D eigenvalue weighted by atomic mass is 16.5. The summed E-state index contributed by atoms with van der Waals surface area (Å²) in [6.07, 6.45) is 6.02. The number of carbonyl (C=O) groups is 1. The largest absolute Gasteiger partial charge is 0.376 e. The summed E-state index contributed by atoms with van der Waals surface area (Å²) < 4.78 is 5.82. The van der Waals surface area contributed by atoms with Crippen molar-refractivity contribution in [3.63, 3.8) is 0 Å². The van der Waals surface area contributed by atoms with Crippen LogP contribution in [0, 0.1) is 5.92 Å². The van der Waals surface area contributed by atoms with E-state index in [1.54, 1.807) is 0 Å². The number of rotatable bonds is 2. The second kappa shape index (κ2) is 2.99. The van der Waals surface area contributed by atoms with E-state index in [1.807, 2.05) is 0 Å². The van der Waals surface area contributed by atoms with Gasteiger partial charge in [0.15, 0.2) is 0 Å². The summed E-state index contributed by atoms with van der Waals surface area (Å²) in [6.45, 7) is 1.58. The van der Waals surface area contributed by atoms with E-state index >= 15 is 0 Å². The summed E-state index contributed by atoms with van der Waals surface area (Å²) in [5, 5.41) is 3.38. The SMILES string of the molecule is O=C1N(C2CCOC2C2CC2)CNC12CC2. The van der Waals surface area contributed by atoms with Gasteiger partial charge in [-0.2, -0.15) is 0 Å². The average Bonchev–Trinajstić information content (AvgIpc) is 3.18. The molecule has 4 aliphatic rings. The molecule has 2 heterocycles. The molecule has 2 unspecified atom stereocenters. The third-order valence-electron chi connectivity index (χ3n) is 4.60. The molecule has 2 aliphatic heterocycles. The van der Waals surface area contributed by atoms with Crippen LogP contribution in [0.4, 0.5) is 0 Å². The van der Waals surface area contributed by atoms with Crippen molar-refractivity contribution in [2.75, 3.05) is 13.3 Å². The number of amides is 1. The van der Waals surface area contributed by atoms with Crippen LogP contribution < -0.4 is 5.32 Å². The van der Waals surface area contributed by atoms with E-state index in [1.165, 1.54) is 12.8 Å². The molecule has 0 aromatic rings. The molecule has 2 aliphatic carbocycles. The molecule has 2 saturated heterocycles. The molecular formula is C12H18N2O2. The zero-order valence-corrected chi connectivity index (χ0v) is 9.45. The molecule has 0 radical (unpaired) electrons. The number of nitrogens with zero attached hydrogens (tertiary/aromatic N) is 1. The van der Waals surface area contributed by atoms with E-state index in [0.29, 0.717) is 18.1 Å². The van der Waals surface area contributed by atoms with Crippen molar-refractivity contribution in [2.45, 2.75) is 49.8 Å². The molecule has 0 aromatic heterocycles. The minimum absolute atomic E-state index is 0.142. The first-order chi connectivity index (χ1) is 7.80. The lowest BCUT2D eigenvalue weighted by atomic mass is 10.0.